The van der Waals surface area contributed by atoms with Crippen molar-refractivity contribution in [1.82, 2.24) is 0 Å². The number of benzene rings is 10. The fourth-order valence-corrected chi connectivity index (χ4v) is 14.3. The van der Waals surface area contributed by atoms with Gasteiger partial charge in [0, 0.05) is 34.1 Å². The Morgan fingerprint density at radius 3 is 1.29 bits per heavy atom. The van der Waals surface area contributed by atoms with Crippen LogP contribution in [0.3, 0.4) is 0 Å². The predicted molar refractivity (Wildman–Crippen MR) is 277 cm³/mol. The van der Waals surface area contributed by atoms with Gasteiger partial charge in [-0.2, -0.15) is 26.3 Å². The molecule has 0 bridgehead atoms. The number of hydrogen-bond donors (Lipinski definition) is 0. The largest absolute Gasteiger partial charge is 0.416 e. The van der Waals surface area contributed by atoms with Gasteiger partial charge in [-0.15, -0.1) is 0 Å². The highest BCUT2D eigenvalue weighted by Crippen LogP contribution is 2.51. The smallest absolute Gasteiger partial charge is 0.311 e. The molecule has 0 N–H and O–H groups in total. The first kappa shape index (κ1) is 40.8. The molecule has 332 valence electrons. The first-order chi connectivity index (χ1) is 33.1. The second-order valence-electron chi connectivity index (χ2n) is 20.2. The molecule has 0 fully saturated rings. The van der Waals surface area contributed by atoms with E-state index in [1.54, 1.807) is 0 Å². The van der Waals surface area contributed by atoms with Crippen molar-refractivity contribution in [2.75, 3.05) is 9.80 Å². The Morgan fingerprint density at radius 1 is 0.406 bits per heavy atom. The van der Waals surface area contributed by atoms with Gasteiger partial charge < -0.3 is 9.80 Å². The number of nitrogens with zero attached hydrogens (tertiary/aromatic N) is 2. The molecule has 0 aromatic heterocycles. The Bertz CT molecular complexity index is 3900. The Balaban J connectivity index is 1.18. The van der Waals surface area contributed by atoms with Gasteiger partial charge in [0.15, 0.2) is 0 Å². The topological polar surface area (TPSA) is 6.48 Å². The molecule has 0 amide bonds. The monoisotopic (exact) mass is 926 g/mol. The molecule has 4 heterocycles. The van der Waals surface area contributed by atoms with E-state index in [0.717, 1.165) is 110 Å². The maximum atomic E-state index is 15.4. The molecular formula is C58H38B2F6N2Si. The molecule has 14 rings (SSSR count). The molecule has 2 nitrogen and oxygen atoms in total. The lowest BCUT2D eigenvalue weighted by atomic mass is 9.31. The van der Waals surface area contributed by atoms with E-state index in [2.05, 4.69) is 63.0 Å². The van der Waals surface area contributed by atoms with Crippen LogP contribution in [0.5, 0.6) is 0 Å². The Kier molecular flexibility index (Phi) is 7.99. The average Bonchev–Trinajstić information content (AvgIpc) is 3.33. The van der Waals surface area contributed by atoms with Crippen LogP contribution in [0.25, 0.3) is 54.6 Å². The zero-order valence-corrected chi connectivity index (χ0v) is 38.8. The molecule has 69 heavy (non-hydrogen) atoms. The summed E-state index contributed by atoms with van der Waals surface area (Å²) in [5.41, 5.74) is 11.9. The number of fused-ring (bicyclic) bond motifs is 8. The van der Waals surface area contributed by atoms with E-state index in [-0.39, 0.29) is 0 Å². The minimum Gasteiger partial charge on any atom is -0.311 e. The van der Waals surface area contributed by atoms with Crippen molar-refractivity contribution in [2.24, 2.45) is 0 Å². The first-order valence-electron chi connectivity index (χ1n) is 23.3. The zero-order valence-electron chi connectivity index (χ0n) is 37.8. The fourth-order valence-electron chi connectivity index (χ4n) is 12.8. The lowest BCUT2D eigenvalue weighted by molar-refractivity contribution is -0.138. The van der Waals surface area contributed by atoms with Crippen LogP contribution in [-0.4, -0.2) is 21.5 Å². The summed E-state index contributed by atoms with van der Waals surface area (Å²) < 4.78 is 92.4. The van der Waals surface area contributed by atoms with Crippen molar-refractivity contribution in [3.63, 3.8) is 0 Å². The van der Waals surface area contributed by atoms with Crippen LogP contribution in [0, 0.1) is 6.92 Å². The maximum absolute atomic E-state index is 15.4. The molecule has 4 aliphatic heterocycles. The summed E-state index contributed by atoms with van der Waals surface area (Å²) in [6.45, 7) is 8.09. The molecule has 0 aliphatic carbocycles. The lowest BCUT2D eigenvalue weighted by Gasteiger charge is -2.43. The van der Waals surface area contributed by atoms with Gasteiger partial charge in [-0.1, -0.05) is 133 Å². The second-order valence-corrected chi connectivity index (χ2v) is 25.3. The number of halogens is 6. The van der Waals surface area contributed by atoms with Gasteiger partial charge in [0.25, 0.3) is 0 Å². The summed E-state index contributed by atoms with van der Waals surface area (Å²) in [4.78, 5) is 3.97. The van der Waals surface area contributed by atoms with Gasteiger partial charge in [-0.25, -0.2) is 0 Å². The summed E-state index contributed by atoms with van der Waals surface area (Å²) in [5, 5.41) is 6.91. The summed E-state index contributed by atoms with van der Waals surface area (Å²) in [6, 6.07) is 49.6. The summed E-state index contributed by atoms with van der Waals surface area (Å²) in [5.74, 6) is 0. The average molecular weight is 927 g/mol. The highest BCUT2D eigenvalue weighted by Gasteiger charge is 2.48. The van der Waals surface area contributed by atoms with Crippen molar-refractivity contribution in [1.29, 1.82) is 0 Å². The molecule has 4 aliphatic rings. The quantitative estimate of drug-likeness (QED) is 0.0990. The standard InChI is InChI=1S/C58H38B2F6N2Si/c1-31-23-37-39-24-32(57(61,62)63)26-48-55(39)60(43-20-12-14-22-47(43)67(48)34-15-7-5-8-16-34)45-29-41-50(69(2,3)4)30-38-40-25-33(58(64,65)66)27-49-56(40)59(44-28-36(31)53(51(37)45)54(41)52(38)44)42-19-11-13-21-46(42)68(49)35-17-9-6-10-18-35/h5-30H,1-4H3. The summed E-state index contributed by atoms with van der Waals surface area (Å²) >= 11 is 0. The Labute approximate surface area is 396 Å². The van der Waals surface area contributed by atoms with Gasteiger partial charge in [-0.05, 0) is 150 Å². The second kappa shape index (κ2) is 13.5. The van der Waals surface area contributed by atoms with E-state index >= 15 is 26.3 Å². The minimum atomic E-state index is -4.64. The number of aryl methyl sites for hydroxylation is 1. The lowest BCUT2D eigenvalue weighted by Crippen LogP contribution is -2.60. The third-order valence-electron chi connectivity index (χ3n) is 15.4. The fraction of sp³-hybridized carbons (Fsp3) is 0.103. The number of para-hydroxylation sites is 4. The van der Waals surface area contributed by atoms with Gasteiger partial charge in [0.2, 0.25) is 13.4 Å². The maximum Gasteiger partial charge on any atom is 0.416 e. The van der Waals surface area contributed by atoms with E-state index in [4.69, 9.17) is 0 Å². The number of hydrogen-bond acceptors (Lipinski definition) is 2. The normalized spacial score (nSPS) is 14.4. The van der Waals surface area contributed by atoms with E-state index in [0.29, 0.717) is 22.5 Å². The van der Waals surface area contributed by atoms with Gasteiger partial charge in [0.05, 0.1) is 19.2 Å². The molecule has 0 atom stereocenters. The van der Waals surface area contributed by atoms with E-state index < -0.39 is 45.0 Å². The molecule has 0 unspecified atom stereocenters. The molecule has 10 aromatic rings. The van der Waals surface area contributed by atoms with E-state index in [1.165, 1.54) is 24.3 Å². The SMILES string of the molecule is Cc1cc2c3c(cc4c([Si](C)(C)C)cc5c6c(cc1c3c46)B1c3ccccc3N(c3ccccc3)c3cc(C(F)(F)F)cc-5c31)B1c3ccccc3N(c3ccccc3)c3cc(C(F)(F)F)cc-2c31. The first-order valence-corrected chi connectivity index (χ1v) is 26.8. The van der Waals surface area contributed by atoms with Gasteiger partial charge in [0.1, 0.15) is 0 Å². The van der Waals surface area contributed by atoms with Crippen molar-refractivity contribution in [3.8, 4) is 22.3 Å². The van der Waals surface area contributed by atoms with Gasteiger partial charge in [-0.3, -0.25) is 0 Å². The van der Waals surface area contributed by atoms with Crippen LogP contribution in [-0.2, 0) is 12.4 Å². The third kappa shape index (κ3) is 5.42. The van der Waals surface area contributed by atoms with E-state index in [1.807, 2.05) is 107 Å². The van der Waals surface area contributed by atoms with Crippen molar-refractivity contribution < 1.29 is 26.3 Å². The Morgan fingerprint density at radius 2 is 0.826 bits per heavy atom. The number of anilines is 6. The number of alkyl halides is 6. The van der Waals surface area contributed by atoms with Crippen LogP contribution >= 0.6 is 0 Å². The predicted octanol–water partition coefficient (Wildman–Crippen LogP) is 12.0. The van der Waals surface area contributed by atoms with Crippen molar-refractivity contribution >= 4 is 126 Å². The zero-order chi connectivity index (χ0) is 47.2. The van der Waals surface area contributed by atoms with Crippen LogP contribution in [0.15, 0.2) is 158 Å². The van der Waals surface area contributed by atoms with Crippen molar-refractivity contribution in [2.45, 2.75) is 38.9 Å². The molecule has 0 spiro atoms. The summed E-state index contributed by atoms with van der Waals surface area (Å²) in [7, 11) is -2.35. The van der Waals surface area contributed by atoms with Crippen LogP contribution in [0.2, 0.25) is 19.6 Å². The van der Waals surface area contributed by atoms with E-state index in [9.17, 15) is 0 Å². The molecule has 0 saturated heterocycles. The van der Waals surface area contributed by atoms with Crippen molar-refractivity contribution in [3.05, 3.63) is 174 Å². The molecule has 0 radical (unpaired) electrons. The minimum absolute atomic E-state index is 0.413. The highest BCUT2D eigenvalue weighted by molar-refractivity contribution is 7.03. The van der Waals surface area contributed by atoms with Crippen LogP contribution in [0.1, 0.15) is 16.7 Å². The molecular weight excluding hydrogens is 888 g/mol. The molecule has 10 aromatic carbocycles. The third-order valence-corrected chi connectivity index (χ3v) is 17.4. The number of rotatable bonds is 3. The highest BCUT2D eigenvalue weighted by atomic mass is 28.3. The molecule has 11 heteroatoms. The Hall–Kier alpha value is -7.23. The van der Waals surface area contributed by atoms with Gasteiger partial charge >= 0.3 is 12.4 Å². The summed E-state index contributed by atoms with van der Waals surface area (Å²) in [6.07, 6.45) is -9.28. The molecule has 0 saturated carbocycles. The van der Waals surface area contributed by atoms with Crippen LogP contribution < -0.4 is 47.8 Å². The van der Waals surface area contributed by atoms with Crippen LogP contribution in [0.4, 0.5) is 60.5 Å².